The van der Waals surface area contributed by atoms with E-state index in [1.165, 1.54) is 11.1 Å². The fraction of sp³-hybridized carbons (Fsp3) is 0.273. The van der Waals surface area contributed by atoms with Crippen LogP contribution < -0.4 is 10.6 Å². The highest BCUT2D eigenvalue weighted by atomic mass is 16.3. The number of hydrogen-bond acceptors (Lipinski definition) is 4. The standard InChI is InChI=1S/C22H23N3O2/c26-21-18-13-19(22-25-10-11-27-22)15-20(14-18)23-8-2-1-4-16-5-3-6-17(12-16)7-9-24-21/h3,5-6,10-15,23H,1-2,4,7-9H2,(H,24,26). The molecular weight excluding hydrogens is 338 g/mol. The quantitative estimate of drug-likeness (QED) is 0.686. The van der Waals surface area contributed by atoms with Crippen LogP contribution in [0.2, 0.25) is 0 Å². The van der Waals surface area contributed by atoms with E-state index in [1.54, 1.807) is 12.5 Å². The number of nitrogens with zero attached hydrogens (tertiary/aromatic N) is 1. The zero-order chi connectivity index (χ0) is 18.5. The molecule has 2 heterocycles. The van der Waals surface area contributed by atoms with Crippen LogP contribution in [0.15, 0.2) is 59.3 Å². The molecule has 3 aromatic rings. The van der Waals surface area contributed by atoms with Crippen molar-refractivity contribution < 1.29 is 9.21 Å². The second-order valence-corrected chi connectivity index (χ2v) is 6.85. The highest BCUT2D eigenvalue weighted by Crippen LogP contribution is 2.24. The molecule has 2 N–H and O–H groups in total. The molecule has 1 aliphatic rings. The Labute approximate surface area is 158 Å². The number of amides is 1. The van der Waals surface area contributed by atoms with E-state index in [0.29, 0.717) is 18.0 Å². The van der Waals surface area contributed by atoms with Gasteiger partial charge < -0.3 is 15.1 Å². The smallest absolute Gasteiger partial charge is 0.251 e. The van der Waals surface area contributed by atoms with Gasteiger partial charge >= 0.3 is 0 Å². The maximum absolute atomic E-state index is 12.7. The van der Waals surface area contributed by atoms with Gasteiger partial charge in [0.15, 0.2) is 0 Å². The van der Waals surface area contributed by atoms with Crippen molar-refractivity contribution in [3.05, 3.63) is 71.6 Å². The molecule has 4 bridgehead atoms. The second kappa shape index (κ2) is 8.08. The summed E-state index contributed by atoms with van der Waals surface area (Å²) in [6.07, 6.45) is 7.24. The van der Waals surface area contributed by atoms with Crippen LogP contribution in [0.3, 0.4) is 0 Å². The molecule has 138 valence electrons. The van der Waals surface area contributed by atoms with Gasteiger partial charge in [0.05, 0.1) is 6.20 Å². The number of oxazole rings is 1. The first-order chi connectivity index (χ1) is 13.3. The molecule has 0 fully saturated rings. The molecule has 1 aliphatic heterocycles. The summed E-state index contributed by atoms with van der Waals surface area (Å²) in [5.41, 5.74) is 4.93. The molecule has 4 rings (SSSR count). The molecule has 0 saturated carbocycles. The van der Waals surface area contributed by atoms with Crippen molar-refractivity contribution in [3.8, 4) is 11.5 Å². The summed E-state index contributed by atoms with van der Waals surface area (Å²) in [6.45, 7) is 1.46. The number of aromatic nitrogens is 1. The normalized spacial score (nSPS) is 15.2. The number of nitrogens with one attached hydrogen (secondary N) is 2. The van der Waals surface area contributed by atoms with Gasteiger partial charge in [0, 0.05) is 29.9 Å². The number of rotatable bonds is 1. The van der Waals surface area contributed by atoms with E-state index in [-0.39, 0.29) is 5.91 Å². The maximum Gasteiger partial charge on any atom is 0.251 e. The molecule has 0 aliphatic carbocycles. The van der Waals surface area contributed by atoms with Crippen LogP contribution >= 0.6 is 0 Å². The summed E-state index contributed by atoms with van der Waals surface area (Å²) in [7, 11) is 0. The third-order valence-electron chi connectivity index (χ3n) is 4.79. The zero-order valence-corrected chi connectivity index (χ0v) is 15.2. The van der Waals surface area contributed by atoms with Gasteiger partial charge in [0.1, 0.15) is 6.26 Å². The Morgan fingerprint density at radius 3 is 2.59 bits per heavy atom. The lowest BCUT2D eigenvalue weighted by Crippen LogP contribution is -2.25. The largest absolute Gasteiger partial charge is 0.445 e. The molecule has 0 radical (unpaired) electrons. The van der Waals surface area contributed by atoms with Gasteiger partial charge in [-0.1, -0.05) is 24.3 Å². The summed E-state index contributed by atoms with van der Waals surface area (Å²) in [4.78, 5) is 16.9. The topological polar surface area (TPSA) is 67.2 Å². The first-order valence-electron chi connectivity index (χ1n) is 9.43. The fourth-order valence-electron chi connectivity index (χ4n) is 3.40. The van der Waals surface area contributed by atoms with Crippen molar-refractivity contribution in [2.45, 2.75) is 25.7 Å². The molecule has 2 aromatic carbocycles. The van der Waals surface area contributed by atoms with Crippen LogP contribution in [0.1, 0.15) is 34.3 Å². The summed E-state index contributed by atoms with van der Waals surface area (Å²) in [6, 6.07) is 14.3. The predicted octanol–water partition coefficient (Wildman–Crippen LogP) is 4.06. The van der Waals surface area contributed by atoms with E-state index in [0.717, 1.165) is 43.5 Å². The van der Waals surface area contributed by atoms with E-state index in [2.05, 4.69) is 39.9 Å². The van der Waals surface area contributed by atoms with E-state index in [9.17, 15) is 4.79 Å². The number of carbonyl (C=O) groups excluding carboxylic acids is 1. The number of fused-ring (bicyclic) bond motifs is 4. The van der Waals surface area contributed by atoms with E-state index >= 15 is 0 Å². The number of hydrogen-bond donors (Lipinski definition) is 2. The number of anilines is 1. The van der Waals surface area contributed by atoms with E-state index in [4.69, 9.17) is 4.42 Å². The Bertz CT molecular complexity index is 919. The van der Waals surface area contributed by atoms with Gasteiger partial charge in [-0.2, -0.15) is 0 Å². The molecular formula is C22H23N3O2. The highest BCUT2D eigenvalue weighted by Gasteiger charge is 2.12. The van der Waals surface area contributed by atoms with Gasteiger partial charge in [-0.15, -0.1) is 0 Å². The minimum atomic E-state index is -0.0857. The van der Waals surface area contributed by atoms with E-state index < -0.39 is 0 Å². The Morgan fingerprint density at radius 2 is 1.74 bits per heavy atom. The average molecular weight is 361 g/mol. The van der Waals surface area contributed by atoms with Crippen molar-refractivity contribution in [2.75, 3.05) is 18.4 Å². The van der Waals surface area contributed by atoms with Crippen LogP contribution in [0.25, 0.3) is 11.5 Å². The molecule has 0 atom stereocenters. The lowest BCUT2D eigenvalue weighted by Gasteiger charge is -2.11. The predicted molar refractivity (Wildman–Crippen MR) is 106 cm³/mol. The van der Waals surface area contributed by atoms with Gasteiger partial charge in [-0.3, -0.25) is 4.79 Å². The third-order valence-corrected chi connectivity index (χ3v) is 4.79. The summed E-state index contributed by atoms with van der Waals surface area (Å²) in [5.74, 6) is 0.430. The van der Waals surface area contributed by atoms with Crippen molar-refractivity contribution >= 4 is 11.6 Å². The molecule has 0 unspecified atom stereocenters. The van der Waals surface area contributed by atoms with Crippen molar-refractivity contribution in [2.24, 2.45) is 0 Å². The van der Waals surface area contributed by atoms with Gasteiger partial charge in [0.25, 0.3) is 5.91 Å². The molecule has 1 amide bonds. The molecule has 5 nitrogen and oxygen atoms in total. The molecule has 5 heteroatoms. The van der Waals surface area contributed by atoms with Crippen molar-refractivity contribution in [3.63, 3.8) is 0 Å². The Hall–Kier alpha value is -3.08. The first-order valence-corrected chi connectivity index (χ1v) is 9.43. The molecule has 27 heavy (non-hydrogen) atoms. The lowest BCUT2D eigenvalue weighted by molar-refractivity contribution is 0.0954. The summed E-state index contributed by atoms with van der Waals surface area (Å²) < 4.78 is 5.41. The average Bonchev–Trinajstić information content (AvgIpc) is 3.22. The summed E-state index contributed by atoms with van der Waals surface area (Å²) in [5, 5.41) is 6.46. The third kappa shape index (κ3) is 4.37. The summed E-state index contributed by atoms with van der Waals surface area (Å²) >= 11 is 0. The molecule has 0 saturated heterocycles. The molecule has 0 spiro atoms. The molecule has 1 aromatic heterocycles. The Balaban J connectivity index is 1.60. The SMILES string of the molecule is O=C1NCCc2cccc(c2)CCCCNc2cc1cc(-c1ncco1)c2. The first kappa shape index (κ1) is 17.3. The van der Waals surface area contributed by atoms with Gasteiger partial charge in [-0.25, -0.2) is 4.98 Å². The lowest BCUT2D eigenvalue weighted by atomic mass is 10.0. The van der Waals surface area contributed by atoms with Gasteiger partial charge in [-0.05, 0) is 55.0 Å². The van der Waals surface area contributed by atoms with Gasteiger partial charge in [0.2, 0.25) is 5.89 Å². The minimum Gasteiger partial charge on any atom is -0.445 e. The van der Waals surface area contributed by atoms with Crippen LogP contribution in [-0.2, 0) is 12.8 Å². The Morgan fingerprint density at radius 1 is 0.889 bits per heavy atom. The number of aryl methyl sites for hydroxylation is 1. The number of benzene rings is 2. The minimum absolute atomic E-state index is 0.0857. The zero-order valence-electron chi connectivity index (χ0n) is 15.2. The van der Waals surface area contributed by atoms with Crippen LogP contribution in [0.4, 0.5) is 5.69 Å². The van der Waals surface area contributed by atoms with E-state index in [1.807, 2.05) is 18.2 Å². The van der Waals surface area contributed by atoms with Crippen LogP contribution in [0.5, 0.6) is 0 Å². The number of carbonyl (C=O) groups is 1. The van der Waals surface area contributed by atoms with Crippen LogP contribution in [0, 0.1) is 0 Å². The fourth-order valence-corrected chi connectivity index (χ4v) is 3.40. The van der Waals surface area contributed by atoms with Crippen LogP contribution in [-0.4, -0.2) is 24.0 Å². The second-order valence-electron chi connectivity index (χ2n) is 6.85. The monoisotopic (exact) mass is 361 g/mol. The maximum atomic E-state index is 12.7. The highest BCUT2D eigenvalue weighted by molar-refractivity contribution is 5.96. The van der Waals surface area contributed by atoms with Crippen molar-refractivity contribution in [1.29, 1.82) is 0 Å². The van der Waals surface area contributed by atoms with Crippen molar-refractivity contribution in [1.82, 2.24) is 10.3 Å². The Kier molecular flexibility index (Phi) is 5.19.